The summed E-state index contributed by atoms with van der Waals surface area (Å²) in [6.45, 7) is 3.96. The number of benzene rings is 1. The summed E-state index contributed by atoms with van der Waals surface area (Å²) in [4.78, 5) is 37.4. The molecular formula is C18H22N2O4. The molecule has 0 atom stereocenters. The van der Waals surface area contributed by atoms with Crippen molar-refractivity contribution < 1.29 is 19.6 Å². The molecule has 1 aliphatic rings. The van der Waals surface area contributed by atoms with Gasteiger partial charge in [0.25, 0.3) is 11.8 Å². The minimum Gasteiger partial charge on any atom is -0.289 e. The van der Waals surface area contributed by atoms with Crippen LogP contribution in [0.25, 0.3) is 11.6 Å². The van der Waals surface area contributed by atoms with Crippen LogP contribution in [0.1, 0.15) is 49.9 Å². The number of hydroxylamine groups is 1. The standard InChI is InChI=1S/C18H22N2O4/c1-3-13-8-7-9-14-16(13)12(2)17(22)20(18(14)23)11-6-4-5-10-15(21)19-24/h3,7-9,24H,4-6,10-11H2,1-2H3,(H,19,21)/b13-3-. The van der Waals surface area contributed by atoms with Gasteiger partial charge >= 0.3 is 0 Å². The lowest BCUT2D eigenvalue weighted by atomic mass is 9.98. The van der Waals surface area contributed by atoms with Crippen molar-refractivity contribution in [2.24, 2.45) is 0 Å². The van der Waals surface area contributed by atoms with Gasteiger partial charge in [0.2, 0.25) is 5.91 Å². The topological polar surface area (TPSA) is 86.7 Å². The molecule has 128 valence electrons. The lowest BCUT2D eigenvalue weighted by Gasteiger charge is -2.26. The summed E-state index contributed by atoms with van der Waals surface area (Å²) < 4.78 is 0. The van der Waals surface area contributed by atoms with Crippen molar-refractivity contribution in [3.05, 3.63) is 34.2 Å². The molecule has 2 rings (SSSR count). The molecule has 3 amide bonds. The second-order valence-corrected chi connectivity index (χ2v) is 5.79. The first-order chi connectivity index (χ1) is 11.5. The first kappa shape index (κ1) is 17.9. The molecule has 0 saturated carbocycles. The van der Waals surface area contributed by atoms with E-state index in [2.05, 4.69) is 0 Å². The molecule has 6 nitrogen and oxygen atoms in total. The molecule has 6 heteroatoms. The Labute approximate surface area is 140 Å². The van der Waals surface area contributed by atoms with E-state index in [-0.39, 0.29) is 18.2 Å². The molecule has 0 spiro atoms. The van der Waals surface area contributed by atoms with Crippen molar-refractivity contribution in [3.8, 4) is 0 Å². The van der Waals surface area contributed by atoms with Crippen molar-refractivity contribution >= 4 is 29.4 Å². The highest BCUT2D eigenvalue weighted by Gasteiger charge is 2.29. The zero-order valence-electron chi connectivity index (χ0n) is 14.0. The zero-order valence-corrected chi connectivity index (χ0v) is 14.0. The highest BCUT2D eigenvalue weighted by molar-refractivity contribution is 6.24. The van der Waals surface area contributed by atoms with Gasteiger partial charge in [0.05, 0.1) is 0 Å². The molecule has 0 saturated heterocycles. The van der Waals surface area contributed by atoms with E-state index >= 15 is 0 Å². The molecule has 1 aromatic rings. The fraction of sp³-hybridized carbons (Fsp3) is 0.389. The number of unbranched alkanes of at least 4 members (excludes halogenated alkanes) is 2. The van der Waals surface area contributed by atoms with Crippen LogP contribution in [0.3, 0.4) is 0 Å². The number of nitrogens with one attached hydrogen (secondary N) is 1. The fourth-order valence-electron chi connectivity index (χ4n) is 2.95. The second-order valence-electron chi connectivity index (χ2n) is 5.79. The van der Waals surface area contributed by atoms with E-state index in [0.29, 0.717) is 36.9 Å². The predicted molar refractivity (Wildman–Crippen MR) is 89.4 cm³/mol. The Kier molecular flexibility index (Phi) is 5.87. The van der Waals surface area contributed by atoms with Crippen LogP contribution in [0.15, 0.2) is 18.2 Å². The first-order valence-corrected chi connectivity index (χ1v) is 8.06. The summed E-state index contributed by atoms with van der Waals surface area (Å²) in [7, 11) is 0. The Hall–Kier alpha value is -2.47. The van der Waals surface area contributed by atoms with Gasteiger partial charge in [-0.25, -0.2) is 5.48 Å². The van der Waals surface area contributed by atoms with E-state index in [1.165, 1.54) is 4.90 Å². The summed E-state index contributed by atoms with van der Waals surface area (Å²) >= 11 is 0. The number of amides is 3. The number of fused-ring (bicyclic) bond motifs is 1. The van der Waals surface area contributed by atoms with E-state index in [4.69, 9.17) is 5.21 Å². The number of imide groups is 1. The molecule has 1 aromatic carbocycles. The minimum absolute atomic E-state index is 0.224. The van der Waals surface area contributed by atoms with Crippen LogP contribution < -0.4 is 15.9 Å². The fourth-order valence-corrected chi connectivity index (χ4v) is 2.95. The van der Waals surface area contributed by atoms with Crippen LogP contribution in [-0.4, -0.2) is 34.4 Å². The Balaban J connectivity index is 2.12. The van der Waals surface area contributed by atoms with Crippen molar-refractivity contribution in [2.45, 2.75) is 39.5 Å². The van der Waals surface area contributed by atoms with Gasteiger partial charge in [0, 0.05) is 29.3 Å². The van der Waals surface area contributed by atoms with Crippen LogP contribution >= 0.6 is 0 Å². The van der Waals surface area contributed by atoms with Gasteiger partial charge in [-0.1, -0.05) is 24.6 Å². The summed E-state index contributed by atoms with van der Waals surface area (Å²) in [5.74, 6) is -0.950. The Morgan fingerprint density at radius 3 is 2.62 bits per heavy atom. The molecule has 0 aliphatic carbocycles. The third-order valence-corrected chi connectivity index (χ3v) is 4.23. The Morgan fingerprint density at radius 2 is 1.96 bits per heavy atom. The predicted octanol–water partition coefficient (Wildman–Crippen LogP) is 0.706. The summed E-state index contributed by atoms with van der Waals surface area (Å²) in [6, 6.07) is 5.46. The van der Waals surface area contributed by atoms with E-state index in [9.17, 15) is 14.4 Å². The van der Waals surface area contributed by atoms with Crippen molar-refractivity contribution in [1.29, 1.82) is 0 Å². The second kappa shape index (κ2) is 7.88. The smallest absolute Gasteiger partial charge is 0.261 e. The summed E-state index contributed by atoms with van der Waals surface area (Å²) in [5.41, 5.74) is 2.72. The van der Waals surface area contributed by atoms with Gasteiger partial charge in [0.15, 0.2) is 0 Å². The third kappa shape index (κ3) is 3.54. The monoisotopic (exact) mass is 330 g/mol. The molecule has 2 N–H and O–H groups in total. The van der Waals surface area contributed by atoms with Crippen LogP contribution in [-0.2, 0) is 9.59 Å². The molecule has 24 heavy (non-hydrogen) atoms. The molecule has 0 aromatic heterocycles. The van der Waals surface area contributed by atoms with Crippen LogP contribution in [0, 0.1) is 0 Å². The quantitative estimate of drug-likeness (QED) is 0.348. The third-order valence-electron chi connectivity index (χ3n) is 4.23. The highest BCUT2D eigenvalue weighted by Crippen LogP contribution is 2.13. The largest absolute Gasteiger partial charge is 0.289 e. The van der Waals surface area contributed by atoms with Crippen molar-refractivity contribution in [2.75, 3.05) is 6.54 Å². The van der Waals surface area contributed by atoms with Gasteiger partial charge in [0.1, 0.15) is 0 Å². The summed E-state index contributed by atoms with van der Waals surface area (Å²) in [5, 5.41) is 10.0. The molecular weight excluding hydrogens is 308 g/mol. The maximum absolute atomic E-state index is 12.6. The number of hydrogen-bond donors (Lipinski definition) is 2. The average molecular weight is 330 g/mol. The van der Waals surface area contributed by atoms with Gasteiger partial charge in [-0.2, -0.15) is 0 Å². The number of carbonyl (C=O) groups is 3. The van der Waals surface area contributed by atoms with E-state index in [1.807, 2.05) is 25.1 Å². The minimum atomic E-state index is -0.429. The number of nitrogens with zero attached hydrogens (tertiary/aromatic N) is 1. The van der Waals surface area contributed by atoms with E-state index in [0.717, 1.165) is 10.4 Å². The molecule has 0 bridgehead atoms. The van der Waals surface area contributed by atoms with Gasteiger partial charge in [-0.15, -0.1) is 0 Å². The van der Waals surface area contributed by atoms with Gasteiger partial charge in [-0.05, 0) is 38.0 Å². The molecule has 0 unspecified atom stereocenters. The number of hydrogen-bond acceptors (Lipinski definition) is 4. The van der Waals surface area contributed by atoms with Crippen LogP contribution in [0.2, 0.25) is 0 Å². The number of rotatable bonds is 6. The zero-order chi connectivity index (χ0) is 17.7. The Bertz CT molecular complexity index is 783. The molecule has 1 aliphatic heterocycles. The molecule has 0 fully saturated rings. The molecule has 0 radical (unpaired) electrons. The average Bonchev–Trinajstić information content (AvgIpc) is 2.60. The summed E-state index contributed by atoms with van der Waals surface area (Å²) in [6.07, 6.45) is 4.03. The van der Waals surface area contributed by atoms with Gasteiger partial charge < -0.3 is 0 Å². The number of carbonyl (C=O) groups excluding carboxylic acids is 3. The van der Waals surface area contributed by atoms with E-state index < -0.39 is 5.91 Å². The maximum Gasteiger partial charge on any atom is 0.261 e. The van der Waals surface area contributed by atoms with Gasteiger partial charge in [-0.3, -0.25) is 24.5 Å². The Morgan fingerprint density at radius 1 is 1.21 bits per heavy atom. The van der Waals surface area contributed by atoms with Crippen molar-refractivity contribution in [1.82, 2.24) is 10.4 Å². The highest BCUT2D eigenvalue weighted by atomic mass is 16.5. The lowest BCUT2D eigenvalue weighted by molar-refractivity contribution is -0.129. The normalized spacial score (nSPS) is 14.9. The van der Waals surface area contributed by atoms with Crippen LogP contribution in [0.5, 0.6) is 0 Å². The first-order valence-electron chi connectivity index (χ1n) is 8.06. The lowest BCUT2D eigenvalue weighted by Crippen LogP contribution is -2.49. The maximum atomic E-state index is 12.6. The van der Waals surface area contributed by atoms with E-state index in [1.54, 1.807) is 18.5 Å². The van der Waals surface area contributed by atoms with Crippen molar-refractivity contribution in [3.63, 3.8) is 0 Å². The molecule has 1 heterocycles. The van der Waals surface area contributed by atoms with Crippen LogP contribution in [0.4, 0.5) is 0 Å². The SMILES string of the molecule is C/C=c1/cccc2c1=C(C)C(=O)N(CCCCCC(=O)NO)C2=O.